The third-order valence-corrected chi connectivity index (χ3v) is 16.0. The van der Waals surface area contributed by atoms with Gasteiger partial charge < -0.3 is 19.3 Å². The molecular formula is C76H56N4. The number of anilines is 7. The van der Waals surface area contributed by atoms with E-state index in [9.17, 15) is 0 Å². The highest BCUT2D eigenvalue weighted by atomic mass is 15.2. The number of hydrogen-bond donors (Lipinski definition) is 0. The standard InChI is InChI=1S/C76H56N4/c1-3-53-25-29-57(30-26-53)59-37-45-73-69(49-59)71-51-67(43-47-75(71)79(73)63-21-13-7-14-22-63)77(61-17-9-5-10-18-61)65-39-33-55(34-40-65)56-35-41-66(42-36-56)78(62-19-11-6-12-20-62)68-44-48-76-72(52-68)70-50-60(58-31-27-54(4-2)28-32-58)38-46-74(70)80(76)64-23-15-8-16-24-64/h3-52,71,75H,1-2H2. The van der Waals surface area contributed by atoms with Crippen LogP contribution in [-0.2, 0) is 0 Å². The minimum Gasteiger partial charge on any atom is -0.333 e. The van der Waals surface area contributed by atoms with Crippen LogP contribution in [0, 0.1) is 0 Å². The van der Waals surface area contributed by atoms with Gasteiger partial charge in [-0.2, -0.15) is 0 Å². The molecule has 0 saturated carbocycles. The van der Waals surface area contributed by atoms with E-state index in [1.165, 1.54) is 55.5 Å². The first-order valence-corrected chi connectivity index (χ1v) is 27.5. The second kappa shape index (κ2) is 20.5. The maximum absolute atomic E-state index is 3.97. The molecule has 1 aliphatic heterocycles. The number of para-hydroxylation sites is 4. The largest absolute Gasteiger partial charge is 0.333 e. The van der Waals surface area contributed by atoms with Gasteiger partial charge in [0.1, 0.15) is 0 Å². The molecule has 4 heteroatoms. The lowest BCUT2D eigenvalue weighted by Crippen LogP contribution is -2.30. The Hall–Kier alpha value is -10.4. The Kier molecular flexibility index (Phi) is 12.3. The summed E-state index contributed by atoms with van der Waals surface area (Å²) in [5.74, 6) is 0.118. The van der Waals surface area contributed by atoms with E-state index in [1.54, 1.807) is 0 Å². The van der Waals surface area contributed by atoms with E-state index in [1.807, 2.05) is 12.2 Å². The van der Waals surface area contributed by atoms with Crippen molar-refractivity contribution in [1.29, 1.82) is 0 Å². The lowest BCUT2D eigenvalue weighted by Gasteiger charge is -2.33. The fraction of sp³-hybridized carbons (Fsp3) is 0.0263. The third kappa shape index (κ3) is 8.70. The van der Waals surface area contributed by atoms with E-state index in [4.69, 9.17) is 0 Å². The fourth-order valence-corrected chi connectivity index (χ4v) is 12.1. The minimum atomic E-state index is 0.118. The van der Waals surface area contributed by atoms with Crippen molar-refractivity contribution < 1.29 is 0 Å². The van der Waals surface area contributed by atoms with Crippen molar-refractivity contribution >= 4 is 73.8 Å². The van der Waals surface area contributed by atoms with E-state index < -0.39 is 0 Å². The molecule has 14 rings (SSSR count). The number of rotatable bonds is 13. The van der Waals surface area contributed by atoms with Crippen molar-refractivity contribution in [3.05, 3.63) is 327 Å². The Morgan fingerprint density at radius 1 is 0.362 bits per heavy atom. The molecule has 1 aromatic heterocycles. The summed E-state index contributed by atoms with van der Waals surface area (Å²) in [6, 6.07) is 99.2. The molecule has 11 aromatic carbocycles. The van der Waals surface area contributed by atoms with E-state index in [-0.39, 0.29) is 12.0 Å². The molecule has 0 saturated heterocycles. The zero-order valence-electron chi connectivity index (χ0n) is 44.2. The first-order valence-electron chi connectivity index (χ1n) is 27.5. The van der Waals surface area contributed by atoms with Gasteiger partial charge in [0.2, 0.25) is 0 Å². The van der Waals surface area contributed by atoms with Crippen LogP contribution in [0.4, 0.5) is 39.8 Å². The van der Waals surface area contributed by atoms with Crippen molar-refractivity contribution in [2.75, 3.05) is 14.7 Å². The van der Waals surface area contributed by atoms with Crippen molar-refractivity contribution in [3.63, 3.8) is 0 Å². The van der Waals surface area contributed by atoms with Gasteiger partial charge in [-0.1, -0.05) is 195 Å². The molecule has 1 aliphatic carbocycles. The molecule has 4 nitrogen and oxygen atoms in total. The lowest BCUT2D eigenvalue weighted by molar-refractivity contribution is 0.736. The summed E-state index contributed by atoms with van der Waals surface area (Å²) < 4.78 is 2.39. The van der Waals surface area contributed by atoms with E-state index in [2.05, 4.69) is 324 Å². The SMILES string of the molecule is C=Cc1ccc(-c2ccc3c(c2)C2C=C(N(c4ccccc4)c4ccc(-c5ccc(N(c6ccccc6)c6ccc7c(c6)c6cc(-c8ccc(C=C)cc8)ccc6n7-c6ccccc6)cc5)cc4)C=CC2N3c2ccccc2)cc1. The monoisotopic (exact) mass is 1020 g/mol. The van der Waals surface area contributed by atoms with Gasteiger partial charge in [-0.15, -0.1) is 0 Å². The van der Waals surface area contributed by atoms with Gasteiger partial charge in [-0.25, -0.2) is 0 Å². The molecule has 2 atom stereocenters. The van der Waals surface area contributed by atoms with Crippen LogP contribution < -0.4 is 14.7 Å². The maximum Gasteiger partial charge on any atom is 0.0631 e. The molecule has 0 fully saturated rings. The van der Waals surface area contributed by atoms with E-state index in [0.29, 0.717) is 0 Å². The zero-order valence-corrected chi connectivity index (χ0v) is 44.2. The summed E-state index contributed by atoms with van der Waals surface area (Å²) in [7, 11) is 0. The average Bonchev–Trinajstić information content (AvgIpc) is 4.15. The number of benzene rings is 11. The van der Waals surface area contributed by atoms with Crippen LogP contribution in [0.5, 0.6) is 0 Å². The van der Waals surface area contributed by atoms with Crippen molar-refractivity contribution in [2.24, 2.45) is 0 Å². The number of fused-ring (bicyclic) bond motifs is 6. The van der Waals surface area contributed by atoms with Crippen LogP contribution in [0.1, 0.15) is 22.6 Å². The topological polar surface area (TPSA) is 14.7 Å². The summed E-state index contributed by atoms with van der Waals surface area (Å²) >= 11 is 0. The Balaban J connectivity index is 0.805. The average molecular weight is 1030 g/mol. The minimum absolute atomic E-state index is 0.118. The predicted octanol–water partition coefficient (Wildman–Crippen LogP) is 20.4. The second-order valence-corrected chi connectivity index (χ2v) is 20.6. The van der Waals surface area contributed by atoms with Gasteiger partial charge in [0.25, 0.3) is 0 Å². The van der Waals surface area contributed by atoms with Crippen LogP contribution in [0.3, 0.4) is 0 Å². The number of nitrogens with zero attached hydrogens (tertiary/aromatic N) is 4. The molecule has 2 heterocycles. The van der Waals surface area contributed by atoms with Gasteiger partial charge in [0, 0.05) is 67.9 Å². The molecule has 380 valence electrons. The van der Waals surface area contributed by atoms with Gasteiger partial charge in [-0.3, -0.25) is 0 Å². The Bertz CT molecular complexity index is 4290. The van der Waals surface area contributed by atoms with Crippen molar-refractivity contribution in [2.45, 2.75) is 12.0 Å². The summed E-state index contributed by atoms with van der Waals surface area (Å²) in [6.45, 7) is 7.94. The van der Waals surface area contributed by atoms with Crippen LogP contribution in [0.15, 0.2) is 310 Å². The molecule has 0 spiro atoms. The first kappa shape index (κ1) is 48.0. The molecule has 0 bridgehead atoms. The van der Waals surface area contributed by atoms with Crippen molar-refractivity contribution in [3.8, 4) is 39.1 Å². The zero-order chi connectivity index (χ0) is 53.5. The molecule has 2 unspecified atom stereocenters. The molecule has 0 amide bonds. The van der Waals surface area contributed by atoms with Gasteiger partial charge in [-0.05, 0) is 171 Å². The molecular weight excluding hydrogens is 969 g/mol. The van der Waals surface area contributed by atoms with E-state index in [0.717, 1.165) is 67.6 Å². The number of hydrogen-bond acceptors (Lipinski definition) is 3. The summed E-state index contributed by atoms with van der Waals surface area (Å²) in [6.07, 6.45) is 11.0. The number of aromatic nitrogens is 1. The van der Waals surface area contributed by atoms with Gasteiger partial charge >= 0.3 is 0 Å². The van der Waals surface area contributed by atoms with Gasteiger partial charge in [0.05, 0.1) is 17.1 Å². The summed E-state index contributed by atoms with van der Waals surface area (Å²) in [4.78, 5) is 7.27. The first-order chi connectivity index (χ1) is 39.6. The highest BCUT2D eigenvalue weighted by Crippen LogP contribution is 2.51. The Morgan fingerprint density at radius 3 is 1.36 bits per heavy atom. The Morgan fingerprint density at radius 2 is 0.787 bits per heavy atom. The summed E-state index contributed by atoms with van der Waals surface area (Å²) in [5.41, 5.74) is 23.1. The summed E-state index contributed by atoms with van der Waals surface area (Å²) in [5, 5.41) is 2.39. The molecule has 12 aromatic rings. The van der Waals surface area contributed by atoms with Crippen LogP contribution in [0.2, 0.25) is 0 Å². The Labute approximate surface area is 468 Å². The second-order valence-electron chi connectivity index (χ2n) is 20.6. The third-order valence-electron chi connectivity index (χ3n) is 16.0. The predicted molar refractivity (Wildman–Crippen MR) is 339 cm³/mol. The maximum atomic E-state index is 3.97. The molecule has 80 heavy (non-hydrogen) atoms. The van der Waals surface area contributed by atoms with Crippen molar-refractivity contribution in [1.82, 2.24) is 4.57 Å². The number of allylic oxidation sites excluding steroid dienone is 1. The highest BCUT2D eigenvalue weighted by Gasteiger charge is 2.39. The highest BCUT2D eigenvalue weighted by molar-refractivity contribution is 6.12. The van der Waals surface area contributed by atoms with Gasteiger partial charge in [0.15, 0.2) is 0 Å². The molecule has 0 radical (unpaired) electrons. The fourth-order valence-electron chi connectivity index (χ4n) is 12.1. The quantitative estimate of drug-likeness (QED) is 0.114. The van der Waals surface area contributed by atoms with Crippen LogP contribution in [-0.4, -0.2) is 10.6 Å². The van der Waals surface area contributed by atoms with E-state index >= 15 is 0 Å². The molecule has 2 aliphatic rings. The van der Waals surface area contributed by atoms with Crippen LogP contribution in [0.25, 0.3) is 73.0 Å². The molecule has 0 N–H and O–H groups in total. The smallest absolute Gasteiger partial charge is 0.0631 e. The normalized spacial score (nSPS) is 14.3. The van der Waals surface area contributed by atoms with Crippen LogP contribution >= 0.6 is 0 Å². The lowest BCUT2D eigenvalue weighted by atomic mass is 9.88.